The summed E-state index contributed by atoms with van der Waals surface area (Å²) in [6, 6.07) is 8.11. The number of aromatic nitrogens is 1. The van der Waals surface area contributed by atoms with Gasteiger partial charge in [-0.05, 0) is 30.0 Å². The maximum Gasteiger partial charge on any atom is 0.0930 e. The van der Waals surface area contributed by atoms with Gasteiger partial charge in [-0.15, -0.1) is 0 Å². The number of benzene rings is 1. The summed E-state index contributed by atoms with van der Waals surface area (Å²) >= 11 is 0. The van der Waals surface area contributed by atoms with Crippen molar-refractivity contribution in [3.63, 3.8) is 0 Å². The first kappa shape index (κ1) is 9.12. The maximum atomic E-state index is 5.02. The molecule has 0 saturated carbocycles. The minimum Gasteiger partial charge on any atom is -0.300 e. The normalized spacial score (nSPS) is 10.7. The highest BCUT2D eigenvalue weighted by Gasteiger charge is 1.99. The Bertz CT molecular complexity index is 454. The molecule has 1 aromatic heterocycles. The number of hydrogen-bond acceptors (Lipinski definition) is 3. The molecule has 1 aromatic carbocycles. The number of aryl methyl sites for hydroxylation is 1. The van der Waals surface area contributed by atoms with Gasteiger partial charge < -0.3 is 0 Å². The summed E-state index contributed by atoms with van der Waals surface area (Å²) in [6.07, 6.45) is 1.81. The predicted molar refractivity (Wildman–Crippen MR) is 55.5 cm³/mol. The van der Waals surface area contributed by atoms with E-state index in [1.807, 2.05) is 31.3 Å². The summed E-state index contributed by atoms with van der Waals surface area (Å²) in [5, 5.41) is 2.35. The van der Waals surface area contributed by atoms with Gasteiger partial charge in [-0.25, -0.2) is 5.90 Å². The van der Waals surface area contributed by atoms with E-state index in [2.05, 4.69) is 15.9 Å². The third-order valence-electron chi connectivity index (χ3n) is 2.28. The highest BCUT2D eigenvalue weighted by atomic mass is 16.6. The topological polar surface area (TPSA) is 48.1 Å². The van der Waals surface area contributed by atoms with E-state index < -0.39 is 0 Å². The first-order valence-electron chi connectivity index (χ1n) is 4.47. The van der Waals surface area contributed by atoms with E-state index in [1.165, 1.54) is 10.8 Å². The number of hydrogen-bond donors (Lipinski definition) is 1. The molecule has 0 amide bonds. The molecule has 0 fully saturated rings. The quantitative estimate of drug-likeness (QED) is 0.732. The molecular formula is C11H12N2O. The summed E-state index contributed by atoms with van der Waals surface area (Å²) < 4.78 is 0. The van der Waals surface area contributed by atoms with Gasteiger partial charge in [-0.3, -0.25) is 9.82 Å². The second kappa shape index (κ2) is 3.74. The van der Waals surface area contributed by atoms with Gasteiger partial charge in [-0.1, -0.05) is 12.1 Å². The van der Waals surface area contributed by atoms with Gasteiger partial charge in [0.25, 0.3) is 0 Å². The van der Waals surface area contributed by atoms with Crippen molar-refractivity contribution in [2.45, 2.75) is 13.5 Å². The van der Waals surface area contributed by atoms with Crippen molar-refractivity contribution >= 4 is 10.8 Å². The fraction of sp³-hybridized carbons (Fsp3) is 0.182. The van der Waals surface area contributed by atoms with Gasteiger partial charge in [-0.2, -0.15) is 0 Å². The molecule has 0 spiro atoms. The van der Waals surface area contributed by atoms with Crippen LogP contribution in [0.3, 0.4) is 0 Å². The molecule has 1 heterocycles. The van der Waals surface area contributed by atoms with Crippen LogP contribution in [0.2, 0.25) is 0 Å². The van der Waals surface area contributed by atoms with Crippen molar-refractivity contribution in [1.82, 2.24) is 4.98 Å². The summed E-state index contributed by atoms with van der Waals surface area (Å²) in [4.78, 5) is 8.82. The lowest BCUT2D eigenvalue weighted by Gasteiger charge is -2.03. The zero-order valence-electron chi connectivity index (χ0n) is 8.03. The SMILES string of the molecule is Cc1nccc2cc(CON)ccc12. The molecule has 0 bridgehead atoms. The molecule has 0 atom stereocenters. The van der Waals surface area contributed by atoms with Crippen LogP contribution in [0.4, 0.5) is 0 Å². The molecule has 0 radical (unpaired) electrons. The van der Waals surface area contributed by atoms with Gasteiger partial charge >= 0.3 is 0 Å². The Morgan fingerprint density at radius 1 is 1.36 bits per heavy atom. The van der Waals surface area contributed by atoms with Crippen LogP contribution in [0.25, 0.3) is 10.8 Å². The minimum absolute atomic E-state index is 0.442. The van der Waals surface area contributed by atoms with E-state index in [1.54, 1.807) is 0 Å². The standard InChI is InChI=1S/C11H12N2O/c1-8-11-3-2-9(7-14-12)6-10(11)4-5-13-8/h2-6H,7,12H2,1H3. The Morgan fingerprint density at radius 3 is 3.00 bits per heavy atom. The fourth-order valence-electron chi connectivity index (χ4n) is 1.56. The van der Waals surface area contributed by atoms with Gasteiger partial charge in [0.15, 0.2) is 0 Å². The monoisotopic (exact) mass is 188 g/mol. The van der Waals surface area contributed by atoms with Crippen LogP contribution in [0.5, 0.6) is 0 Å². The number of rotatable bonds is 2. The smallest absolute Gasteiger partial charge is 0.0930 e. The van der Waals surface area contributed by atoms with Crippen molar-refractivity contribution in [2.24, 2.45) is 5.90 Å². The van der Waals surface area contributed by atoms with Crippen LogP contribution in [-0.4, -0.2) is 4.98 Å². The molecule has 3 heteroatoms. The van der Waals surface area contributed by atoms with Crippen LogP contribution in [0.15, 0.2) is 30.5 Å². The molecule has 2 aromatic rings. The van der Waals surface area contributed by atoms with Crippen molar-refractivity contribution in [2.75, 3.05) is 0 Å². The maximum absolute atomic E-state index is 5.02. The molecule has 0 aliphatic carbocycles. The average Bonchev–Trinajstić information content (AvgIpc) is 2.18. The first-order valence-corrected chi connectivity index (χ1v) is 4.47. The van der Waals surface area contributed by atoms with Crippen molar-refractivity contribution in [1.29, 1.82) is 0 Å². The lowest BCUT2D eigenvalue weighted by atomic mass is 10.1. The molecule has 0 saturated heterocycles. The van der Waals surface area contributed by atoms with Crippen molar-refractivity contribution in [3.05, 3.63) is 41.7 Å². The van der Waals surface area contributed by atoms with E-state index in [9.17, 15) is 0 Å². The third-order valence-corrected chi connectivity index (χ3v) is 2.28. The summed E-state index contributed by atoms with van der Waals surface area (Å²) in [6.45, 7) is 2.44. The van der Waals surface area contributed by atoms with E-state index >= 15 is 0 Å². The summed E-state index contributed by atoms with van der Waals surface area (Å²) in [5.41, 5.74) is 2.12. The number of nitrogens with zero attached hydrogens (tertiary/aromatic N) is 1. The van der Waals surface area contributed by atoms with Crippen LogP contribution < -0.4 is 5.90 Å². The van der Waals surface area contributed by atoms with Gasteiger partial charge in [0.2, 0.25) is 0 Å². The highest BCUT2D eigenvalue weighted by Crippen LogP contribution is 2.18. The van der Waals surface area contributed by atoms with Gasteiger partial charge in [0, 0.05) is 17.3 Å². The largest absolute Gasteiger partial charge is 0.300 e. The molecule has 3 nitrogen and oxygen atoms in total. The Balaban J connectivity index is 2.56. The van der Waals surface area contributed by atoms with E-state index in [4.69, 9.17) is 5.90 Å². The van der Waals surface area contributed by atoms with E-state index in [0.717, 1.165) is 11.3 Å². The van der Waals surface area contributed by atoms with Gasteiger partial charge in [0.05, 0.1) is 6.61 Å². The van der Waals surface area contributed by atoms with Crippen LogP contribution in [0, 0.1) is 6.92 Å². The second-order valence-corrected chi connectivity index (χ2v) is 3.26. The molecule has 2 N–H and O–H groups in total. The Kier molecular flexibility index (Phi) is 2.43. The zero-order valence-corrected chi connectivity index (χ0v) is 8.03. The van der Waals surface area contributed by atoms with Crippen molar-refractivity contribution < 1.29 is 4.84 Å². The summed E-state index contributed by atoms with van der Waals surface area (Å²) in [7, 11) is 0. The number of pyridine rings is 1. The van der Waals surface area contributed by atoms with Crippen LogP contribution in [-0.2, 0) is 11.4 Å². The Hall–Kier alpha value is -1.45. The third kappa shape index (κ3) is 1.60. The van der Waals surface area contributed by atoms with Crippen LogP contribution >= 0.6 is 0 Å². The lowest BCUT2D eigenvalue weighted by molar-refractivity contribution is 0.124. The average molecular weight is 188 g/mol. The zero-order chi connectivity index (χ0) is 9.97. The number of fused-ring (bicyclic) bond motifs is 1. The fourth-order valence-corrected chi connectivity index (χ4v) is 1.56. The van der Waals surface area contributed by atoms with Crippen LogP contribution in [0.1, 0.15) is 11.3 Å². The highest BCUT2D eigenvalue weighted by molar-refractivity contribution is 5.84. The van der Waals surface area contributed by atoms with Gasteiger partial charge in [0.1, 0.15) is 0 Å². The molecule has 0 unspecified atom stereocenters. The Labute approximate surface area is 82.5 Å². The molecule has 14 heavy (non-hydrogen) atoms. The summed E-state index contributed by atoms with van der Waals surface area (Å²) in [5.74, 6) is 5.02. The second-order valence-electron chi connectivity index (χ2n) is 3.26. The van der Waals surface area contributed by atoms with Crippen molar-refractivity contribution in [3.8, 4) is 0 Å². The molecule has 0 aliphatic rings. The molecule has 2 rings (SSSR count). The lowest BCUT2D eigenvalue weighted by Crippen LogP contribution is -1.98. The van der Waals surface area contributed by atoms with E-state index in [-0.39, 0.29) is 0 Å². The first-order chi connectivity index (χ1) is 6.81. The molecular weight excluding hydrogens is 176 g/mol. The Morgan fingerprint density at radius 2 is 2.21 bits per heavy atom. The predicted octanol–water partition coefficient (Wildman–Crippen LogP) is 1.93. The van der Waals surface area contributed by atoms with E-state index in [0.29, 0.717) is 6.61 Å². The number of nitrogens with two attached hydrogens (primary N) is 1. The molecule has 0 aliphatic heterocycles. The molecule has 72 valence electrons. The minimum atomic E-state index is 0.442.